The smallest absolute Gasteiger partial charge is 0.134 e. The number of nitrogen functional groups attached to an aromatic ring is 1. The fraction of sp³-hybridized carbons (Fsp3) is 0.333. The number of aryl methyl sites for hydroxylation is 1. The quantitative estimate of drug-likeness (QED) is 0.790. The van der Waals surface area contributed by atoms with Gasteiger partial charge in [0.15, 0.2) is 0 Å². The van der Waals surface area contributed by atoms with Crippen LogP contribution in [0, 0.1) is 6.92 Å². The number of hydrogen-bond acceptors (Lipinski definition) is 5. The van der Waals surface area contributed by atoms with Crippen molar-refractivity contribution in [3.8, 4) is 5.75 Å². The minimum Gasteiger partial charge on any atom is -0.492 e. The van der Waals surface area contributed by atoms with Crippen molar-refractivity contribution in [3.05, 3.63) is 41.7 Å². The zero-order chi connectivity index (χ0) is 14.4. The van der Waals surface area contributed by atoms with E-state index in [9.17, 15) is 0 Å². The molecule has 0 spiro atoms. The number of benzene rings is 1. The molecule has 3 N–H and O–H groups in total. The minimum atomic E-state index is 0.531. The molecule has 5 heteroatoms. The fourth-order valence-electron chi connectivity index (χ4n) is 1.77. The van der Waals surface area contributed by atoms with Gasteiger partial charge >= 0.3 is 0 Å². The molecule has 1 aromatic carbocycles. The molecule has 2 rings (SSSR count). The monoisotopic (exact) mass is 272 g/mol. The zero-order valence-corrected chi connectivity index (χ0v) is 11.9. The number of nitrogens with one attached hydrogen (secondary N) is 1. The summed E-state index contributed by atoms with van der Waals surface area (Å²) >= 11 is 0. The summed E-state index contributed by atoms with van der Waals surface area (Å²) in [6.45, 7) is 5.14. The van der Waals surface area contributed by atoms with Gasteiger partial charge in [-0.15, -0.1) is 0 Å². The zero-order valence-electron chi connectivity index (χ0n) is 11.9. The van der Waals surface area contributed by atoms with Gasteiger partial charge in [0.2, 0.25) is 0 Å². The van der Waals surface area contributed by atoms with Gasteiger partial charge in [0.1, 0.15) is 29.8 Å². The number of para-hydroxylation sites is 1. The second-order valence-corrected chi connectivity index (χ2v) is 4.44. The molecule has 0 radical (unpaired) electrons. The molecule has 0 fully saturated rings. The first-order valence-electron chi connectivity index (χ1n) is 6.75. The summed E-state index contributed by atoms with van der Waals surface area (Å²) in [4.78, 5) is 8.66. The molecule has 0 saturated heterocycles. The summed E-state index contributed by atoms with van der Waals surface area (Å²) in [5, 5.41) is 3.24. The summed E-state index contributed by atoms with van der Waals surface area (Å²) in [5.41, 5.74) is 6.75. The Morgan fingerprint density at radius 3 is 2.65 bits per heavy atom. The summed E-state index contributed by atoms with van der Waals surface area (Å²) < 4.78 is 5.62. The number of hydrogen-bond donors (Lipinski definition) is 2. The highest BCUT2D eigenvalue weighted by Gasteiger charge is 2.07. The van der Waals surface area contributed by atoms with Crippen LogP contribution in [0.5, 0.6) is 5.75 Å². The molecule has 0 atom stereocenters. The molecule has 1 heterocycles. The molecule has 0 saturated carbocycles. The van der Waals surface area contributed by atoms with Crippen LogP contribution in [0.15, 0.2) is 30.3 Å². The van der Waals surface area contributed by atoms with Crippen LogP contribution >= 0.6 is 0 Å². The lowest BCUT2D eigenvalue weighted by Crippen LogP contribution is -2.15. The summed E-state index contributed by atoms with van der Waals surface area (Å²) in [7, 11) is 0. The Kier molecular flexibility index (Phi) is 4.76. The third-order valence-corrected chi connectivity index (χ3v) is 2.95. The van der Waals surface area contributed by atoms with Crippen molar-refractivity contribution in [1.29, 1.82) is 0 Å². The van der Waals surface area contributed by atoms with Gasteiger partial charge in [0.25, 0.3) is 0 Å². The van der Waals surface area contributed by atoms with Crippen molar-refractivity contribution in [1.82, 2.24) is 9.97 Å². The normalized spacial score (nSPS) is 10.3. The highest BCUT2D eigenvalue weighted by molar-refractivity contribution is 5.54. The molecule has 0 unspecified atom stereocenters. The van der Waals surface area contributed by atoms with Crippen LogP contribution in [0.1, 0.15) is 18.3 Å². The summed E-state index contributed by atoms with van der Waals surface area (Å²) in [6.07, 6.45) is 0.764. The van der Waals surface area contributed by atoms with E-state index in [1.165, 1.54) is 0 Å². The van der Waals surface area contributed by atoms with E-state index in [0.29, 0.717) is 19.0 Å². The Bertz CT molecular complexity index is 557. The van der Waals surface area contributed by atoms with Gasteiger partial charge in [0.05, 0.1) is 6.54 Å². The Balaban J connectivity index is 1.89. The topological polar surface area (TPSA) is 73.1 Å². The van der Waals surface area contributed by atoms with Crippen LogP contribution in [0.4, 0.5) is 11.6 Å². The molecule has 106 valence electrons. The predicted octanol–water partition coefficient (Wildman–Crippen LogP) is 2.42. The van der Waals surface area contributed by atoms with Crippen molar-refractivity contribution < 1.29 is 4.74 Å². The van der Waals surface area contributed by atoms with E-state index in [-0.39, 0.29) is 0 Å². The Morgan fingerprint density at radius 1 is 1.20 bits per heavy atom. The van der Waals surface area contributed by atoms with Crippen LogP contribution in [-0.4, -0.2) is 23.1 Å². The van der Waals surface area contributed by atoms with Crippen molar-refractivity contribution in [2.45, 2.75) is 20.3 Å². The molecule has 2 aromatic rings. The highest BCUT2D eigenvalue weighted by Crippen LogP contribution is 2.17. The van der Waals surface area contributed by atoms with E-state index < -0.39 is 0 Å². The van der Waals surface area contributed by atoms with E-state index in [2.05, 4.69) is 15.3 Å². The minimum absolute atomic E-state index is 0.531. The first kappa shape index (κ1) is 14.1. The van der Waals surface area contributed by atoms with Crippen molar-refractivity contribution >= 4 is 11.6 Å². The SMILES string of the molecule is CCc1nc(N)c(C)c(NCCOc2ccccc2)n1. The van der Waals surface area contributed by atoms with Crippen LogP contribution in [0.2, 0.25) is 0 Å². The van der Waals surface area contributed by atoms with Gasteiger partial charge in [-0.2, -0.15) is 0 Å². The lowest BCUT2D eigenvalue weighted by atomic mass is 10.3. The number of anilines is 2. The molecule has 5 nitrogen and oxygen atoms in total. The Labute approximate surface area is 119 Å². The summed E-state index contributed by atoms with van der Waals surface area (Å²) in [5.74, 6) is 2.93. The van der Waals surface area contributed by atoms with Gasteiger partial charge in [0, 0.05) is 12.0 Å². The molecular formula is C15H20N4O. The number of aromatic nitrogens is 2. The van der Waals surface area contributed by atoms with E-state index >= 15 is 0 Å². The maximum atomic E-state index is 5.87. The highest BCUT2D eigenvalue weighted by atomic mass is 16.5. The third-order valence-electron chi connectivity index (χ3n) is 2.95. The molecule has 0 aliphatic carbocycles. The molecule has 0 aliphatic rings. The maximum Gasteiger partial charge on any atom is 0.134 e. The summed E-state index contributed by atoms with van der Waals surface area (Å²) in [6, 6.07) is 9.73. The van der Waals surface area contributed by atoms with E-state index in [0.717, 1.165) is 29.4 Å². The van der Waals surface area contributed by atoms with Crippen LogP contribution in [-0.2, 0) is 6.42 Å². The number of rotatable bonds is 6. The van der Waals surface area contributed by atoms with Crippen molar-refractivity contribution in [2.24, 2.45) is 0 Å². The number of nitrogens with two attached hydrogens (primary N) is 1. The first-order chi connectivity index (χ1) is 9.70. The Hall–Kier alpha value is -2.30. The van der Waals surface area contributed by atoms with Gasteiger partial charge < -0.3 is 15.8 Å². The molecule has 20 heavy (non-hydrogen) atoms. The van der Waals surface area contributed by atoms with Crippen LogP contribution in [0.25, 0.3) is 0 Å². The van der Waals surface area contributed by atoms with Gasteiger partial charge in [-0.05, 0) is 19.1 Å². The molecule has 1 aromatic heterocycles. The molecule has 0 aliphatic heterocycles. The van der Waals surface area contributed by atoms with E-state index in [4.69, 9.17) is 10.5 Å². The second-order valence-electron chi connectivity index (χ2n) is 4.44. The molecular weight excluding hydrogens is 252 g/mol. The lowest BCUT2D eigenvalue weighted by Gasteiger charge is -2.12. The van der Waals surface area contributed by atoms with Crippen molar-refractivity contribution in [2.75, 3.05) is 24.2 Å². The third kappa shape index (κ3) is 3.60. The van der Waals surface area contributed by atoms with E-state index in [1.54, 1.807) is 0 Å². The maximum absolute atomic E-state index is 5.87. The van der Waals surface area contributed by atoms with Gasteiger partial charge in [-0.25, -0.2) is 9.97 Å². The lowest BCUT2D eigenvalue weighted by molar-refractivity contribution is 0.332. The van der Waals surface area contributed by atoms with Crippen molar-refractivity contribution in [3.63, 3.8) is 0 Å². The first-order valence-corrected chi connectivity index (χ1v) is 6.75. The number of ether oxygens (including phenoxy) is 1. The fourth-order valence-corrected chi connectivity index (χ4v) is 1.77. The van der Waals surface area contributed by atoms with Crippen LogP contribution in [0.3, 0.4) is 0 Å². The average Bonchev–Trinajstić information content (AvgIpc) is 2.48. The Morgan fingerprint density at radius 2 is 1.95 bits per heavy atom. The van der Waals surface area contributed by atoms with Crippen LogP contribution < -0.4 is 15.8 Å². The van der Waals surface area contributed by atoms with E-state index in [1.807, 2.05) is 44.2 Å². The van der Waals surface area contributed by atoms with Gasteiger partial charge in [-0.3, -0.25) is 0 Å². The predicted molar refractivity (Wildman–Crippen MR) is 81.0 cm³/mol. The molecule has 0 amide bonds. The second kappa shape index (κ2) is 6.75. The van der Waals surface area contributed by atoms with Gasteiger partial charge in [-0.1, -0.05) is 25.1 Å². The standard InChI is InChI=1S/C15H20N4O/c1-3-13-18-14(16)11(2)15(19-13)17-9-10-20-12-7-5-4-6-8-12/h4-8H,3,9-10H2,1-2H3,(H3,16,17,18,19). The number of nitrogens with zero attached hydrogens (tertiary/aromatic N) is 2. The average molecular weight is 272 g/mol. The largest absolute Gasteiger partial charge is 0.492 e. The molecule has 0 bridgehead atoms.